The molecule has 7 nitrogen and oxygen atoms in total. The molecule has 1 atom stereocenters. The topological polar surface area (TPSA) is 70.4 Å². The van der Waals surface area contributed by atoms with Crippen molar-refractivity contribution in [3.8, 4) is 0 Å². The molecule has 1 unspecified atom stereocenters. The first-order chi connectivity index (χ1) is 15.2. The van der Waals surface area contributed by atoms with Gasteiger partial charge in [0.1, 0.15) is 17.5 Å². The Bertz CT molecular complexity index is 879. The number of anilines is 1. The maximum atomic E-state index is 13.6. The van der Waals surface area contributed by atoms with Crippen molar-refractivity contribution in [3.05, 3.63) is 41.7 Å². The molecule has 0 bridgehead atoms. The Hall–Kier alpha value is -2.64. The van der Waals surface area contributed by atoms with E-state index in [2.05, 4.69) is 35.3 Å². The van der Waals surface area contributed by atoms with Crippen LogP contribution in [0.25, 0.3) is 0 Å². The Morgan fingerprint density at radius 1 is 1.19 bits per heavy atom. The highest BCUT2D eigenvalue weighted by atomic mass is 19.1. The Balaban J connectivity index is 1.23. The largest absolute Gasteiger partial charge is 0.369 e. The van der Waals surface area contributed by atoms with E-state index in [0.717, 1.165) is 81.6 Å². The van der Waals surface area contributed by atoms with Crippen LogP contribution in [0.1, 0.15) is 50.2 Å². The number of halogens is 1. The van der Waals surface area contributed by atoms with Crippen molar-refractivity contribution in [2.45, 2.75) is 64.0 Å². The fraction of sp³-hybridized carbons (Fsp3) is 0.609. The number of rotatable bonds is 6. The van der Waals surface area contributed by atoms with E-state index in [1.165, 1.54) is 25.3 Å². The molecule has 1 saturated heterocycles. The fourth-order valence-electron chi connectivity index (χ4n) is 4.57. The van der Waals surface area contributed by atoms with Crippen LogP contribution in [0.15, 0.2) is 29.3 Å². The summed E-state index contributed by atoms with van der Waals surface area (Å²) < 4.78 is 15.9. The summed E-state index contributed by atoms with van der Waals surface area (Å²) in [7, 11) is 1.81. The van der Waals surface area contributed by atoms with Gasteiger partial charge in [0.25, 0.3) is 0 Å². The van der Waals surface area contributed by atoms with Crippen molar-refractivity contribution < 1.29 is 4.39 Å². The molecule has 1 aromatic carbocycles. The van der Waals surface area contributed by atoms with Crippen molar-refractivity contribution in [3.63, 3.8) is 0 Å². The second kappa shape index (κ2) is 10.6. The molecule has 0 amide bonds. The van der Waals surface area contributed by atoms with Gasteiger partial charge < -0.3 is 20.1 Å². The minimum absolute atomic E-state index is 0.186. The third kappa shape index (κ3) is 5.74. The van der Waals surface area contributed by atoms with Crippen LogP contribution in [0.2, 0.25) is 0 Å². The zero-order valence-corrected chi connectivity index (χ0v) is 18.5. The highest BCUT2D eigenvalue weighted by molar-refractivity contribution is 5.80. The minimum Gasteiger partial charge on any atom is -0.369 e. The summed E-state index contributed by atoms with van der Waals surface area (Å²) in [5.74, 6) is 2.90. The standard InChI is InChI=1S/C23H34FN7/c1-25-23(26-13-6-12-22-29-28-21-11-3-2-4-15-31(21)22)27-19-9-7-14-30(17-19)20-10-5-8-18(24)16-20/h5,8,10,16,19H,2-4,6-7,9,11-15,17H2,1H3,(H2,25,26,27). The molecule has 0 spiro atoms. The molecule has 2 aromatic rings. The third-order valence-electron chi connectivity index (χ3n) is 6.21. The summed E-state index contributed by atoms with van der Waals surface area (Å²) in [4.78, 5) is 6.64. The monoisotopic (exact) mass is 427 g/mol. The van der Waals surface area contributed by atoms with Gasteiger partial charge in [0.2, 0.25) is 0 Å². The normalized spacial score (nSPS) is 19.6. The van der Waals surface area contributed by atoms with E-state index in [1.54, 1.807) is 19.2 Å². The van der Waals surface area contributed by atoms with Crippen LogP contribution < -0.4 is 15.5 Å². The van der Waals surface area contributed by atoms with E-state index in [0.29, 0.717) is 0 Å². The number of aliphatic imine (C=N–C) groups is 1. The molecule has 0 aliphatic carbocycles. The highest BCUT2D eigenvalue weighted by Gasteiger charge is 2.21. The Morgan fingerprint density at radius 3 is 3.00 bits per heavy atom. The van der Waals surface area contributed by atoms with Crippen LogP contribution in [-0.2, 0) is 19.4 Å². The summed E-state index contributed by atoms with van der Waals surface area (Å²) in [6, 6.07) is 7.14. The lowest BCUT2D eigenvalue weighted by Gasteiger charge is -2.35. The number of aromatic nitrogens is 3. The molecule has 2 aliphatic rings. The van der Waals surface area contributed by atoms with Gasteiger partial charge in [-0.1, -0.05) is 12.5 Å². The number of nitrogens with zero attached hydrogens (tertiary/aromatic N) is 5. The number of hydrogen-bond donors (Lipinski definition) is 2. The molecule has 3 heterocycles. The maximum absolute atomic E-state index is 13.6. The summed E-state index contributed by atoms with van der Waals surface area (Å²) in [6.45, 7) is 3.69. The van der Waals surface area contributed by atoms with Crippen molar-refractivity contribution >= 4 is 11.6 Å². The average Bonchev–Trinajstić information content (AvgIpc) is 3.01. The number of benzene rings is 1. The summed E-state index contributed by atoms with van der Waals surface area (Å²) in [5.41, 5.74) is 0.946. The summed E-state index contributed by atoms with van der Waals surface area (Å²) >= 11 is 0. The quantitative estimate of drug-likeness (QED) is 0.421. The smallest absolute Gasteiger partial charge is 0.191 e. The Kier molecular flexibility index (Phi) is 7.38. The molecule has 4 rings (SSSR count). The molecule has 0 radical (unpaired) electrons. The number of fused-ring (bicyclic) bond motifs is 1. The van der Waals surface area contributed by atoms with Crippen molar-refractivity contribution in [1.82, 2.24) is 25.4 Å². The van der Waals surface area contributed by atoms with Gasteiger partial charge >= 0.3 is 0 Å². The van der Waals surface area contributed by atoms with Gasteiger partial charge in [-0.3, -0.25) is 4.99 Å². The van der Waals surface area contributed by atoms with Gasteiger partial charge in [-0.25, -0.2) is 4.39 Å². The molecule has 1 aromatic heterocycles. The maximum Gasteiger partial charge on any atom is 0.191 e. The summed E-state index contributed by atoms with van der Waals surface area (Å²) in [5, 5.41) is 15.8. The molecular formula is C23H34FN7. The molecule has 2 aliphatic heterocycles. The van der Waals surface area contributed by atoms with Crippen LogP contribution in [0.3, 0.4) is 0 Å². The Morgan fingerprint density at radius 2 is 2.13 bits per heavy atom. The molecule has 8 heteroatoms. The molecule has 0 saturated carbocycles. The van der Waals surface area contributed by atoms with E-state index in [1.807, 2.05) is 6.07 Å². The van der Waals surface area contributed by atoms with Crippen LogP contribution in [0.5, 0.6) is 0 Å². The third-order valence-corrected chi connectivity index (χ3v) is 6.21. The number of guanidine groups is 1. The first-order valence-electron chi connectivity index (χ1n) is 11.6. The van der Waals surface area contributed by atoms with Gasteiger partial charge in [-0.05, 0) is 50.3 Å². The van der Waals surface area contributed by atoms with Gasteiger partial charge in [0.05, 0.1) is 0 Å². The molecular weight excluding hydrogens is 393 g/mol. The van der Waals surface area contributed by atoms with E-state index in [9.17, 15) is 4.39 Å². The second-order valence-electron chi connectivity index (χ2n) is 8.51. The van der Waals surface area contributed by atoms with Gasteiger partial charge in [-0.15, -0.1) is 10.2 Å². The van der Waals surface area contributed by atoms with Crippen molar-refractivity contribution in [2.24, 2.45) is 4.99 Å². The van der Waals surface area contributed by atoms with Crippen LogP contribution >= 0.6 is 0 Å². The number of nitrogens with one attached hydrogen (secondary N) is 2. The van der Waals surface area contributed by atoms with Crippen LogP contribution in [0, 0.1) is 5.82 Å². The zero-order chi connectivity index (χ0) is 21.5. The zero-order valence-electron chi connectivity index (χ0n) is 18.5. The number of piperidine rings is 1. The first kappa shape index (κ1) is 21.6. The first-order valence-corrected chi connectivity index (χ1v) is 11.6. The number of hydrogen-bond acceptors (Lipinski definition) is 4. The lowest BCUT2D eigenvalue weighted by atomic mass is 10.0. The van der Waals surface area contributed by atoms with Crippen LogP contribution in [0.4, 0.5) is 10.1 Å². The lowest BCUT2D eigenvalue weighted by molar-refractivity contribution is 0.467. The lowest BCUT2D eigenvalue weighted by Crippen LogP contribution is -2.51. The van der Waals surface area contributed by atoms with Crippen LogP contribution in [-0.4, -0.2) is 53.4 Å². The van der Waals surface area contributed by atoms with Gasteiger partial charge in [0, 0.05) is 57.8 Å². The van der Waals surface area contributed by atoms with E-state index < -0.39 is 0 Å². The Labute approximate surface area is 184 Å². The number of aryl methyl sites for hydroxylation is 2. The van der Waals surface area contributed by atoms with Crippen molar-refractivity contribution in [2.75, 3.05) is 31.6 Å². The molecule has 168 valence electrons. The van der Waals surface area contributed by atoms with E-state index >= 15 is 0 Å². The van der Waals surface area contributed by atoms with E-state index in [4.69, 9.17) is 0 Å². The SMILES string of the molecule is CN=C(NCCCc1nnc2n1CCCCC2)NC1CCCN(c2cccc(F)c2)C1. The second-order valence-corrected chi connectivity index (χ2v) is 8.51. The highest BCUT2D eigenvalue weighted by Crippen LogP contribution is 2.21. The molecule has 31 heavy (non-hydrogen) atoms. The van der Waals surface area contributed by atoms with Gasteiger partial charge in [0.15, 0.2) is 5.96 Å². The van der Waals surface area contributed by atoms with E-state index in [-0.39, 0.29) is 11.9 Å². The van der Waals surface area contributed by atoms with Crippen molar-refractivity contribution in [1.29, 1.82) is 0 Å². The van der Waals surface area contributed by atoms with Gasteiger partial charge in [-0.2, -0.15) is 0 Å². The molecule has 2 N–H and O–H groups in total. The minimum atomic E-state index is -0.186. The average molecular weight is 428 g/mol. The summed E-state index contributed by atoms with van der Waals surface area (Å²) in [6.07, 6.45) is 8.84. The molecule has 1 fully saturated rings. The predicted molar refractivity (Wildman–Crippen MR) is 122 cm³/mol. The predicted octanol–water partition coefficient (Wildman–Crippen LogP) is 2.91. The fourth-order valence-corrected chi connectivity index (χ4v) is 4.57.